The lowest BCUT2D eigenvalue weighted by molar-refractivity contribution is 0.286. The van der Waals surface area contributed by atoms with Crippen LogP contribution in [0.15, 0.2) is 21.5 Å². The molecule has 0 atom stereocenters. The van der Waals surface area contributed by atoms with Crippen molar-refractivity contribution in [1.82, 2.24) is 10.1 Å². The van der Waals surface area contributed by atoms with Gasteiger partial charge in [0, 0.05) is 5.56 Å². The van der Waals surface area contributed by atoms with Gasteiger partial charge in [-0.3, -0.25) is 14.1 Å². The standard InChI is InChI=1S/C13H17N2O7P/c1-3-20-10-8(7-23(17,18)19)5-6-9(11(10)21-4-2)12-14-13(16)22-15-12/h5-6H,3-4,7H2,1-2H3,(H,14,15,16)(H2,17,18,19). The molecular weight excluding hydrogens is 327 g/mol. The van der Waals surface area contributed by atoms with Gasteiger partial charge in [-0.05, 0) is 19.9 Å². The molecule has 0 saturated carbocycles. The van der Waals surface area contributed by atoms with Crippen LogP contribution < -0.4 is 15.2 Å². The summed E-state index contributed by atoms with van der Waals surface area (Å²) in [6, 6.07) is 3.03. The van der Waals surface area contributed by atoms with Crippen molar-refractivity contribution in [3.8, 4) is 22.9 Å². The highest BCUT2D eigenvalue weighted by molar-refractivity contribution is 7.50. The maximum Gasteiger partial charge on any atom is 0.439 e. The van der Waals surface area contributed by atoms with E-state index in [1.54, 1.807) is 13.8 Å². The van der Waals surface area contributed by atoms with Crippen LogP contribution >= 0.6 is 7.60 Å². The summed E-state index contributed by atoms with van der Waals surface area (Å²) in [5.74, 6) is -0.134. The molecule has 0 aliphatic rings. The Hall–Kier alpha value is -2.09. The smallest absolute Gasteiger partial charge is 0.439 e. The van der Waals surface area contributed by atoms with Gasteiger partial charge in [-0.1, -0.05) is 11.2 Å². The molecule has 0 fully saturated rings. The van der Waals surface area contributed by atoms with Crippen molar-refractivity contribution in [3.63, 3.8) is 0 Å². The molecule has 1 aromatic carbocycles. The number of hydrogen-bond acceptors (Lipinski definition) is 6. The molecule has 1 heterocycles. The highest BCUT2D eigenvalue weighted by Gasteiger charge is 2.24. The SMILES string of the molecule is CCOc1c(CP(=O)(O)O)ccc(-c2noc(=O)[nH]2)c1OCC. The fourth-order valence-electron chi connectivity index (χ4n) is 2.07. The molecule has 2 rings (SSSR count). The van der Waals surface area contributed by atoms with Gasteiger partial charge >= 0.3 is 13.4 Å². The van der Waals surface area contributed by atoms with Gasteiger partial charge in [0.25, 0.3) is 0 Å². The molecular formula is C13H17N2O7P. The van der Waals surface area contributed by atoms with Crippen molar-refractivity contribution >= 4 is 7.60 Å². The van der Waals surface area contributed by atoms with Crippen molar-refractivity contribution in [2.45, 2.75) is 20.0 Å². The molecule has 0 amide bonds. The largest absolute Gasteiger partial charge is 0.490 e. The second kappa shape index (κ2) is 6.99. The van der Waals surface area contributed by atoms with Crippen molar-refractivity contribution in [3.05, 3.63) is 28.2 Å². The van der Waals surface area contributed by atoms with Crippen LogP contribution in [0.3, 0.4) is 0 Å². The van der Waals surface area contributed by atoms with Crippen LogP contribution in [-0.2, 0) is 10.7 Å². The second-order valence-electron chi connectivity index (χ2n) is 4.56. The van der Waals surface area contributed by atoms with Crippen LogP contribution in [-0.4, -0.2) is 33.1 Å². The molecule has 0 saturated heterocycles. The average molecular weight is 344 g/mol. The number of benzene rings is 1. The predicted octanol–water partition coefficient (Wildman–Crippen LogP) is 1.50. The van der Waals surface area contributed by atoms with E-state index in [4.69, 9.17) is 9.47 Å². The first kappa shape index (κ1) is 17.3. The van der Waals surface area contributed by atoms with Gasteiger partial charge in [0.05, 0.1) is 24.9 Å². The number of rotatable bonds is 7. The fraction of sp³-hybridized carbons (Fsp3) is 0.385. The molecule has 126 valence electrons. The summed E-state index contributed by atoms with van der Waals surface area (Å²) in [5, 5.41) is 3.60. The summed E-state index contributed by atoms with van der Waals surface area (Å²) >= 11 is 0. The number of aromatic nitrogens is 2. The second-order valence-corrected chi connectivity index (χ2v) is 6.21. The average Bonchev–Trinajstić information content (AvgIpc) is 2.87. The lowest BCUT2D eigenvalue weighted by Gasteiger charge is -2.18. The van der Waals surface area contributed by atoms with Crippen LogP contribution in [0, 0.1) is 0 Å². The van der Waals surface area contributed by atoms with E-state index in [1.165, 1.54) is 12.1 Å². The van der Waals surface area contributed by atoms with Crippen LogP contribution in [0.2, 0.25) is 0 Å². The zero-order valence-electron chi connectivity index (χ0n) is 12.6. The summed E-state index contributed by atoms with van der Waals surface area (Å²) in [7, 11) is -4.29. The zero-order chi connectivity index (χ0) is 17.0. The lowest BCUT2D eigenvalue weighted by Crippen LogP contribution is -2.04. The topological polar surface area (TPSA) is 135 Å². The lowest BCUT2D eigenvalue weighted by atomic mass is 10.1. The minimum Gasteiger partial charge on any atom is -0.490 e. The number of hydrogen-bond donors (Lipinski definition) is 3. The third kappa shape index (κ3) is 4.22. The van der Waals surface area contributed by atoms with Gasteiger partial charge in [0.15, 0.2) is 17.3 Å². The molecule has 0 aliphatic heterocycles. The first-order chi connectivity index (χ1) is 10.9. The Morgan fingerprint density at radius 3 is 2.39 bits per heavy atom. The molecule has 0 radical (unpaired) electrons. The van der Waals surface area contributed by atoms with Gasteiger partial charge in [0.1, 0.15) is 0 Å². The minimum absolute atomic E-state index is 0.141. The Balaban J connectivity index is 2.62. The van der Waals surface area contributed by atoms with Gasteiger partial charge in [0.2, 0.25) is 0 Å². The van der Waals surface area contributed by atoms with Crippen molar-refractivity contribution in [2.75, 3.05) is 13.2 Å². The Morgan fingerprint density at radius 2 is 1.87 bits per heavy atom. The summed E-state index contributed by atoms with van der Waals surface area (Å²) in [6.07, 6.45) is -0.488. The quantitative estimate of drug-likeness (QED) is 0.643. The molecule has 0 bridgehead atoms. The molecule has 10 heteroatoms. The summed E-state index contributed by atoms with van der Waals surface area (Å²) in [4.78, 5) is 32.0. The Kier molecular flexibility index (Phi) is 5.25. The van der Waals surface area contributed by atoms with E-state index in [1.807, 2.05) is 0 Å². The third-order valence-corrected chi connectivity index (χ3v) is 3.60. The minimum atomic E-state index is -4.29. The highest BCUT2D eigenvalue weighted by Crippen LogP contribution is 2.46. The third-order valence-electron chi connectivity index (χ3n) is 2.84. The van der Waals surface area contributed by atoms with Crippen LogP contribution in [0.4, 0.5) is 0 Å². The predicted molar refractivity (Wildman–Crippen MR) is 80.6 cm³/mol. The van der Waals surface area contributed by atoms with E-state index in [0.29, 0.717) is 11.1 Å². The van der Waals surface area contributed by atoms with E-state index in [9.17, 15) is 19.1 Å². The molecule has 0 aliphatic carbocycles. The number of nitrogens with one attached hydrogen (secondary N) is 1. The maximum atomic E-state index is 11.3. The number of aromatic amines is 1. The first-order valence-electron chi connectivity index (χ1n) is 6.88. The zero-order valence-corrected chi connectivity index (χ0v) is 13.5. The van der Waals surface area contributed by atoms with Gasteiger partial charge in [-0.15, -0.1) is 0 Å². The van der Waals surface area contributed by atoms with Gasteiger partial charge < -0.3 is 19.3 Å². The van der Waals surface area contributed by atoms with Crippen molar-refractivity contribution in [1.29, 1.82) is 0 Å². The Morgan fingerprint density at radius 1 is 1.22 bits per heavy atom. The summed E-state index contributed by atoms with van der Waals surface area (Å²) in [6.45, 7) is 4.05. The molecule has 23 heavy (non-hydrogen) atoms. The summed E-state index contributed by atoms with van der Waals surface area (Å²) < 4.78 is 26.9. The number of ether oxygens (including phenoxy) is 2. The number of nitrogens with zero attached hydrogens (tertiary/aromatic N) is 1. The molecule has 0 unspecified atom stereocenters. The number of H-pyrrole nitrogens is 1. The van der Waals surface area contributed by atoms with Crippen LogP contribution in [0.1, 0.15) is 19.4 Å². The molecule has 1 aromatic heterocycles. The fourth-order valence-corrected chi connectivity index (χ4v) is 2.77. The van der Waals surface area contributed by atoms with Gasteiger partial charge in [-0.25, -0.2) is 4.79 Å². The van der Waals surface area contributed by atoms with Crippen LogP contribution in [0.25, 0.3) is 11.4 Å². The monoisotopic (exact) mass is 344 g/mol. The molecule has 0 spiro atoms. The molecule has 9 nitrogen and oxygen atoms in total. The molecule has 3 N–H and O–H groups in total. The Bertz CT molecular complexity index is 777. The summed E-state index contributed by atoms with van der Waals surface area (Å²) in [5.41, 5.74) is 0.703. The van der Waals surface area contributed by atoms with E-state index in [2.05, 4.69) is 14.7 Å². The highest BCUT2D eigenvalue weighted by atomic mass is 31.2. The van der Waals surface area contributed by atoms with Crippen molar-refractivity contribution in [2.24, 2.45) is 0 Å². The molecule has 2 aromatic rings. The van der Waals surface area contributed by atoms with E-state index < -0.39 is 19.5 Å². The van der Waals surface area contributed by atoms with Gasteiger partial charge in [-0.2, -0.15) is 0 Å². The van der Waals surface area contributed by atoms with E-state index in [0.717, 1.165) is 0 Å². The van der Waals surface area contributed by atoms with Crippen molar-refractivity contribution < 1.29 is 28.3 Å². The maximum absolute atomic E-state index is 11.3. The Labute approximate surface area is 131 Å². The van der Waals surface area contributed by atoms with E-state index >= 15 is 0 Å². The van der Waals surface area contributed by atoms with Crippen LogP contribution in [0.5, 0.6) is 11.5 Å². The van der Waals surface area contributed by atoms with E-state index in [-0.39, 0.29) is 30.5 Å². The first-order valence-corrected chi connectivity index (χ1v) is 8.67. The normalized spacial score (nSPS) is 11.5.